The number of carbonyl (C=O) groups excluding carboxylic acids is 5. The maximum atomic E-state index is 12.9. The zero-order chi connectivity index (χ0) is 26.4. The average molecular weight is 505 g/mol. The number of hydrogen-bond acceptors (Lipinski definition) is 8. The van der Waals surface area contributed by atoms with Crippen molar-refractivity contribution >= 4 is 47.3 Å². The molecule has 13 nitrogen and oxygen atoms in total. The third-order valence-corrected chi connectivity index (χ3v) is 5.29. The highest BCUT2D eigenvalue weighted by Gasteiger charge is 2.31. The minimum Gasteiger partial charge on any atom is -0.480 e. The van der Waals surface area contributed by atoms with Crippen LogP contribution in [0.5, 0.6) is 0 Å². The summed E-state index contributed by atoms with van der Waals surface area (Å²) in [4.78, 5) is 72.0. The highest BCUT2D eigenvalue weighted by Crippen LogP contribution is 2.07. The van der Waals surface area contributed by atoms with Crippen LogP contribution in [-0.2, 0) is 28.8 Å². The molecule has 0 aromatic rings. The number of hydrogen-bond donors (Lipinski definition) is 7. The largest absolute Gasteiger partial charge is 0.480 e. The standard InChI is InChI=1S/C20H36N6O7S/c1-10(2)8-14(20(32)33)26-19(31)13(9-16(23)28)25-18(30)12(4-5-15(22)27)24-17(29)11(21)6-7-34-3/h10-14H,4-9,21H2,1-3H3,(H2,22,27)(H2,23,28)(H,24,29)(H,25,30)(H,26,31)(H,32,33). The molecule has 0 aromatic carbocycles. The van der Waals surface area contributed by atoms with E-state index in [4.69, 9.17) is 17.2 Å². The summed E-state index contributed by atoms with van der Waals surface area (Å²) in [6, 6.07) is -4.94. The van der Waals surface area contributed by atoms with Crippen molar-refractivity contribution in [2.45, 2.75) is 70.1 Å². The molecule has 0 aliphatic carbocycles. The van der Waals surface area contributed by atoms with Crippen molar-refractivity contribution < 1.29 is 33.9 Å². The van der Waals surface area contributed by atoms with Crippen molar-refractivity contribution in [3.63, 3.8) is 0 Å². The Hall–Kier alpha value is -2.87. The number of carboxylic acids is 1. The number of primary amides is 2. The number of aliphatic carboxylic acids is 1. The van der Waals surface area contributed by atoms with Crippen LogP contribution in [0, 0.1) is 5.92 Å². The second kappa shape index (κ2) is 15.9. The highest BCUT2D eigenvalue weighted by atomic mass is 32.2. The van der Waals surface area contributed by atoms with Crippen molar-refractivity contribution in [3.05, 3.63) is 0 Å². The summed E-state index contributed by atoms with van der Waals surface area (Å²) in [5.41, 5.74) is 16.1. The molecule has 10 N–H and O–H groups in total. The highest BCUT2D eigenvalue weighted by molar-refractivity contribution is 7.98. The van der Waals surface area contributed by atoms with Gasteiger partial charge in [0.15, 0.2) is 0 Å². The first-order chi connectivity index (χ1) is 15.8. The molecule has 0 saturated carbocycles. The van der Waals surface area contributed by atoms with E-state index >= 15 is 0 Å². The van der Waals surface area contributed by atoms with Crippen molar-refractivity contribution in [2.24, 2.45) is 23.1 Å². The first kappa shape index (κ1) is 31.1. The molecule has 0 heterocycles. The van der Waals surface area contributed by atoms with Crippen LogP contribution in [-0.4, -0.2) is 76.8 Å². The zero-order valence-electron chi connectivity index (χ0n) is 19.7. The van der Waals surface area contributed by atoms with E-state index in [0.29, 0.717) is 12.2 Å². The molecular weight excluding hydrogens is 468 g/mol. The van der Waals surface area contributed by atoms with Crippen molar-refractivity contribution in [2.75, 3.05) is 12.0 Å². The number of carbonyl (C=O) groups is 6. The Morgan fingerprint density at radius 3 is 1.82 bits per heavy atom. The van der Waals surface area contributed by atoms with Crippen molar-refractivity contribution in [1.29, 1.82) is 0 Å². The molecule has 14 heteroatoms. The lowest BCUT2D eigenvalue weighted by atomic mass is 10.0. The summed E-state index contributed by atoms with van der Waals surface area (Å²) in [7, 11) is 0. The fourth-order valence-electron chi connectivity index (χ4n) is 2.86. The molecule has 0 rings (SSSR count). The lowest BCUT2D eigenvalue weighted by Crippen LogP contribution is -2.58. The SMILES string of the molecule is CSCCC(N)C(=O)NC(CCC(N)=O)C(=O)NC(CC(N)=O)C(=O)NC(CC(C)C)C(=O)O. The molecule has 194 valence electrons. The van der Waals surface area contributed by atoms with Gasteiger partial charge >= 0.3 is 5.97 Å². The second-order valence-electron chi connectivity index (χ2n) is 8.21. The Balaban J connectivity index is 5.54. The summed E-state index contributed by atoms with van der Waals surface area (Å²) in [5.74, 6) is -4.84. The maximum Gasteiger partial charge on any atom is 0.326 e. The van der Waals surface area contributed by atoms with Gasteiger partial charge in [-0.05, 0) is 37.2 Å². The second-order valence-corrected chi connectivity index (χ2v) is 9.20. The van der Waals surface area contributed by atoms with Crippen LogP contribution < -0.4 is 33.2 Å². The van der Waals surface area contributed by atoms with E-state index < -0.39 is 66.1 Å². The van der Waals surface area contributed by atoms with Gasteiger partial charge in [-0.1, -0.05) is 13.8 Å². The van der Waals surface area contributed by atoms with Crippen LogP contribution in [0.4, 0.5) is 0 Å². The van der Waals surface area contributed by atoms with Crippen LogP contribution in [0.25, 0.3) is 0 Å². The number of rotatable bonds is 17. The van der Waals surface area contributed by atoms with Gasteiger partial charge in [-0.2, -0.15) is 11.8 Å². The van der Waals surface area contributed by atoms with Gasteiger partial charge in [0.05, 0.1) is 12.5 Å². The molecule has 0 aliphatic rings. The zero-order valence-corrected chi connectivity index (χ0v) is 20.5. The summed E-state index contributed by atoms with van der Waals surface area (Å²) in [6.07, 6.45) is 1.25. The van der Waals surface area contributed by atoms with Gasteiger partial charge in [-0.25, -0.2) is 4.79 Å². The topological polar surface area (TPSA) is 237 Å². The fraction of sp³-hybridized carbons (Fsp3) is 0.700. The van der Waals surface area contributed by atoms with E-state index in [1.807, 2.05) is 6.26 Å². The lowest BCUT2D eigenvalue weighted by Gasteiger charge is -2.25. The molecule has 34 heavy (non-hydrogen) atoms. The van der Waals surface area contributed by atoms with Gasteiger partial charge in [0.1, 0.15) is 18.1 Å². The number of nitrogens with two attached hydrogens (primary N) is 3. The Morgan fingerprint density at radius 2 is 1.35 bits per heavy atom. The predicted molar refractivity (Wildman–Crippen MR) is 126 cm³/mol. The fourth-order valence-corrected chi connectivity index (χ4v) is 3.35. The molecule has 0 fully saturated rings. The number of carboxylic acid groups (broad SMARTS) is 1. The van der Waals surface area contributed by atoms with Gasteiger partial charge in [0.25, 0.3) is 0 Å². The summed E-state index contributed by atoms with van der Waals surface area (Å²) in [6.45, 7) is 3.53. The minimum absolute atomic E-state index is 0.0608. The average Bonchev–Trinajstić information content (AvgIpc) is 2.72. The Bertz CT molecular complexity index is 749. The molecule has 4 unspecified atom stereocenters. The normalized spacial score (nSPS) is 14.4. The van der Waals surface area contributed by atoms with Crippen LogP contribution >= 0.6 is 11.8 Å². The number of thioether (sulfide) groups is 1. The van der Waals surface area contributed by atoms with E-state index in [9.17, 15) is 33.9 Å². The Morgan fingerprint density at radius 1 is 0.824 bits per heavy atom. The molecule has 0 saturated heterocycles. The first-order valence-electron chi connectivity index (χ1n) is 10.7. The molecular formula is C20H36N6O7S. The number of nitrogens with one attached hydrogen (secondary N) is 3. The van der Waals surface area contributed by atoms with Crippen LogP contribution in [0.3, 0.4) is 0 Å². The van der Waals surface area contributed by atoms with Crippen LogP contribution in [0.2, 0.25) is 0 Å². The molecule has 0 bridgehead atoms. The van der Waals surface area contributed by atoms with Crippen LogP contribution in [0.1, 0.15) is 46.0 Å². The third-order valence-electron chi connectivity index (χ3n) is 4.64. The molecule has 0 aromatic heterocycles. The third kappa shape index (κ3) is 13.0. The first-order valence-corrected chi connectivity index (χ1v) is 12.1. The van der Waals surface area contributed by atoms with Crippen LogP contribution in [0.15, 0.2) is 0 Å². The van der Waals surface area contributed by atoms with E-state index in [-0.39, 0.29) is 25.2 Å². The van der Waals surface area contributed by atoms with Gasteiger partial charge in [0, 0.05) is 6.42 Å². The van der Waals surface area contributed by atoms with Gasteiger partial charge < -0.3 is 38.3 Å². The predicted octanol–water partition coefficient (Wildman–Crippen LogP) is -2.21. The monoisotopic (exact) mass is 504 g/mol. The molecule has 0 spiro atoms. The quantitative estimate of drug-likeness (QED) is 0.113. The smallest absolute Gasteiger partial charge is 0.326 e. The van der Waals surface area contributed by atoms with E-state index in [0.717, 1.165) is 0 Å². The van der Waals surface area contributed by atoms with E-state index in [1.54, 1.807) is 13.8 Å². The van der Waals surface area contributed by atoms with Crippen molar-refractivity contribution in [3.8, 4) is 0 Å². The van der Waals surface area contributed by atoms with E-state index in [1.165, 1.54) is 11.8 Å². The van der Waals surface area contributed by atoms with Crippen molar-refractivity contribution in [1.82, 2.24) is 16.0 Å². The summed E-state index contributed by atoms with van der Waals surface area (Å²) >= 11 is 1.48. The summed E-state index contributed by atoms with van der Waals surface area (Å²) < 4.78 is 0. The van der Waals surface area contributed by atoms with Gasteiger partial charge in [0.2, 0.25) is 29.5 Å². The number of amides is 5. The lowest BCUT2D eigenvalue weighted by molar-refractivity contribution is -0.143. The summed E-state index contributed by atoms with van der Waals surface area (Å²) in [5, 5.41) is 16.4. The van der Waals surface area contributed by atoms with Gasteiger partial charge in [-0.3, -0.25) is 24.0 Å². The molecule has 0 radical (unpaired) electrons. The minimum atomic E-state index is -1.50. The molecule has 5 amide bonds. The maximum absolute atomic E-state index is 12.9. The molecule has 0 aliphatic heterocycles. The Kier molecular flexibility index (Phi) is 14.5. The molecule has 4 atom stereocenters. The van der Waals surface area contributed by atoms with E-state index in [2.05, 4.69) is 16.0 Å². The Labute approximate surface area is 202 Å². The van der Waals surface area contributed by atoms with Gasteiger partial charge in [-0.15, -0.1) is 0 Å².